The molecule has 0 fully saturated rings. The van der Waals surface area contributed by atoms with E-state index < -0.39 is 28.2 Å². The molecule has 0 saturated heterocycles. The summed E-state index contributed by atoms with van der Waals surface area (Å²) in [6.07, 6.45) is 0.147. The molecule has 11 heteroatoms. The van der Waals surface area contributed by atoms with Gasteiger partial charge in [0, 0.05) is 37.4 Å². The number of hydrogen-bond donors (Lipinski definition) is 1. The van der Waals surface area contributed by atoms with E-state index in [0.29, 0.717) is 0 Å². The van der Waals surface area contributed by atoms with Gasteiger partial charge in [-0.1, -0.05) is 0 Å². The fourth-order valence-corrected chi connectivity index (χ4v) is 3.19. The summed E-state index contributed by atoms with van der Waals surface area (Å²) in [4.78, 5) is 43.4. The molecule has 0 spiro atoms. The molecule has 34 heavy (non-hydrogen) atoms. The van der Waals surface area contributed by atoms with Crippen LogP contribution in [0.25, 0.3) is 10.9 Å². The molecule has 2 rings (SSSR count). The topological polar surface area (TPSA) is 135 Å². The monoisotopic (exact) mass is 476 g/mol. The first-order valence-electron chi connectivity index (χ1n) is 10.8. The zero-order chi connectivity index (χ0) is 25.7. The second kappa shape index (κ2) is 10.6. The van der Waals surface area contributed by atoms with Crippen LogP contribution >= 0.6 is 0 Å². The van der Waals surface area contributed by atoms with Gasteiger partial charge in [0.25, 0.3) is 5.69 Å². The number of non-ortho nitro benzene ring substituents is 1. The van der Waals surface area contributed by atoms with Gasteiger partial charge in [0.05, 0.1) is 16.9 Å². The molecular formula is C23H32N4O7. The summed E-state index contributed by atoms with van der Waals surface area (Å²) in [5, 5.41) is 20.9. The van der Waals surface area contributed by atoms with Gasteiger partial charge in [0.15, 0.2) is 5.75 Å². The van der Waals surface area contributed by atoms with Gasteiger partial charge in [-0.3, -0.25) is 15.1 Å². The maximum Gasteiger partial charge on any atom is 0.415 e. The summed E-state index contributed by atoms with van der Waals surface area (Å²) in [6, 6.07) is 5.70. The molecule has 2 aromatic rings. The average Bonchev–Trinajstić information content (AvgIpc) is 2.70. The Hall–Kier alpha value is -3.47. The lowest BCUT2D eigenvalue weighted by Gasteiger charge is -2.36. The predicted molar refractivity (Wildman–Crippen MR) is 126 cm³/mol. The quantitative estimate of drug-likeness (QED) is 0.468. The average molecular weight is 477 g/mol. The highest BCUT2D eigenvalue weighted by Gasteiger charge is 2.31. The van der Waals surface area contributed by atoms with Crippen molar-refractivity contribution in [2.75, 3.05) is 26.2 Å². The van der Waals surface area contributed by atoms with E-state index in [4.69, 9.17) is 9.47 Å². The molecule has 0 radical (unpaired) electrons. The summed E-state index contributed by atoms with van der Waals surface area (Å²) >= 11 is 0. The lowest BCUT2D eigenvalue weighted by atomic mass is 10.1. The highest BCUT2D eigenvalue weighted by molar-refractivity contribution is 5.93. The summed E-state index contributed by atoms with van der Waals surface area (Å²) in [5.41, 5.74) is -1.35. The first-order valence-corrected chi connectivity index (χ1v) is 10.8. The predicted octanol–water partition coefficient (Wildman–Crippen LogP) is 3.97. The van der Waals surface area contributed by atoms with E-state index in [9.17, 15) is 24.8 Å². The van der Waals surface area contributed by atoms with Gasteiger partial charge in [-0.25, -0.2) is 9.59 Å². The van der Waals surface area contributed by atoms with Crippen LogP contribution in [0.4, 0.5) is 15.3 Å². The first-order chi connectivity index (χ1) is 15.7. The summed E-state index contributed by atoms with van der Waals surface area (Å²) in [7, 11) is 0. The molecular weight excluding hydrogens is 444 g/mol. The minimum atomic E-state index is -0.711. The van der Waals surface area contributed by atoms with E-state index in [2.05, 4.69) is 4.98 Å². The third kappa shape index (κ3) is 7.01. The van der Waals surface area contributed by atoms with Crippen molar-refractivity contribution >= 4 is 28.8 Å². The number of aliphatic hydroxyl groups is 1. The maximum absolute atomic E-state index is 13.1. The lowest BCUT2D eigenvalue weighted by molar-refractivity contribution is -0.383. The van der Waals surface area contributed by atoms with E-state index in [1.165, 1.54) is 34.2 Å². The van der Waals surface area contributed by atoms with Gasteiger partial charge in [-0.2, -0.15) is 0 Å². The van der Waals surface area contributed by atoms with Gasteiger partial charge in [0.1, 0.15) is 11.1 Å². The number of amides is 2. The Morgan fingerprint density at radius 1 is 1.06 bits per heavy atom. The molecule has 1 aromatic heterocycles. The number of hydrogen-bond acceptors (Lipinski definition) is 8. The van der Waals surface area contributed by atoms with Crippen LogP contribution in [0.5, 0.6) is 5.75 Å². The van der Waals surface area contributed by atoms with E-state index in [1.54, 1.807) is 26.8 Å². The van der Waals surface area contributed by atoms with Crippen LogP contribution in [0.3, 0.4) is 0 Å². The first kappa shape index (κ1) is 26.8. The van der Waals surface area contributed by atoms with Crippen LogP contribution in [-0.2, 0) is 4.74 Å². The molecule has 0 aliphatic rings. The van der Waals surface area contributed by atoms with Crippen molar-refractivity contribution in [3.05, 3.63) is 40.6 Å². The Balaban J connectivity index is 2.26. The van der Waals surface area contributed by atoms with Gasteiger partial charge in [-0.05, 0) is 59.7 Å². The normalized spacial score (nSPS) is 11.7. The summed E-state index contributed by atoms with van der Waals surface area (Å²) in [6.45, 7) is 10.6. The molecule has 0 bridgehead atoms. The Labute approximate surface area is 198 Å². The number of aromatic nitrogens is 1. The number of pyridine rings is 1. The number of benzene rings is 1. The van der Waals surface area contributed by atoms with Crippen LogP contribution in [0.15, 0.2) is 30.5 Å². The number of fused-ring (bicyclic) bond motifs is 1. The highest BCUT2D eigenvalue weighted by atomic mass is 16.6. The molecule has 0 unspecified atom stereocenters. The molecule has 186 valence electrons. The number of rotatable bonds is 7. The van der Waals surface area contributed by atoms with Gasteiger partial charge >= 0.3 is 12.2 Å². The minimum absolute atomic E-state index is 0.0405. The van der Waals surface area contributed by atoms with Gasteiger partial charge in [-0.15, -0.1) is 0 Å². The van der Waals surface area contributed by atoms with Crippen molar-refractivity contribution in [3.8, 4) is 5.75 Å². The SMILES string of the molecule is CC(C)(C)OC(=O)N(CCO)CCN(C(=O)Oc1ccc([N+](=O)[O-])c2cccnc12)C(C)(C)C. The number of nitro benzene ring substituents is 1. The number of nitro groups is 1. The molecule has 0 saturated carbocycles. The van der Waals surface area contributed by atoms with E-state index in [1.807, 2.05) is 20.8 Å². The smallest absolute Gasteiger partial charge is 0.415 e. The standard InChI is InChI=1S/C23H32N4O7/c1-22(2,3)26(13-12-25(14-15-28)20(29)34-23(4,5)6)21(30)33-18-10-9-17(27(31)32)16-8-7-11-24-19(16)18/h7-11,28H,12-15H2,1-6H3. The van der Waals surface area contributed by atoms with E-state index in [0.717, 1.165) is 0 Å². The minimum Gasteiger partial charge on any atom is -0.444 e. The van der Waals surface area contributed by atoms with Crippen LogP contribution in [0.1, 0.15) is 41.5 Å². The van der Waals surface area contributed by atoms with Crippen molar-refractivity contribution in [1.29, 1.82) is 0 Å². The molecule has 1 aromatic carbocycles. The van der Waals surface area contributed by atoms with E-state index >= 15 is 0 Å². The fourth-order valence-electron chi connectivity index (χ4n) is 3.19. The van der Waals surface area contributed by atoms with Gasteiger partial charge < -0.3 is 24.4 Å². The molecule has 0 atom stereocenters. The molecule has 1 N–H and O–H groups in total. The van der Waals surface area contributed by atoms with Gasteiger partial charge in [0.2, 0.25) is 0 Å². The Morgan fingerprint density at radius 2 is 1.74 bits per heavy atom. The number of carbonyl (C=O) groups excluding carboxylic acids is 2. The molecule has 2 amide bonds. The lowest BCUT2D eigenvalue weighted by Crippen LogP contribution is -2.51. The van der Waals surface area contributed by atoms with Crippen LogP contribution in [0.2, 0.25) is 0 Å². The van der Waals surface area contributed by atoms with Crippen LogP contribution in [-0.4, -0.2) is 74.4 Å². The third-order valence-corrected chi connectivity index (χ3v) is 4.75. The second-order valence-electron chi connectivity index (χ2n) is 9.62. The molecule has 0 aliphatic heterocycles. The van der Waals surface area contributed by atoms with Crippen molar-refractivity contribution in [3.63, 3.8) is 0 Å². The Bertz CT molecular complexity index is 1040. The molecule has 11 nitrogen and oxygen atoms in total. The number of ether oxygens (including phenoxy) is 2. The fraction of sp³-hybridized carbons (Fsp3) is 0.522. The summed E-state index contributed by atoms with van der Waals surface area (Å²) in [5.74, 6) is 0.0832. The largest absolute Gasteiger partial charge is 0.444 e. The van der Waals surface area contributed by atoms with Crippen molar-refractivity contribution in [1.82, 2.24) is 14.8 Å². The van der Waals surface area contributed by atoms with Crippen molar-refractivity contribution in [2.45, 2.75) is 52.7 Å². The molecule has 1 heterocycles. The zero-order valence-corrected chi connectivity index (χ0v) is 20.4. The highest BCUT2D eigenvalue weighted by Crippen LogP contribution is 2.32. The maximum atomic E-state index is 13.1. The number of aliphatic hydroxyl groups excluding tert-OH is 1. The zero-order valence-electron chi connectivity index (χ0n) is 20.4. The molecule has 0 aliphatic carbocycles. The van der Waals surface area contributed by atoms with Crippen molar-refractivity contribution < 1.29 is 29.1 Å². The third-order valence-electron chi connectivity index (χ3n) is 4.75. The number of nitrogens with zero attached hydrogens (tertiary/aromatic N) is 4. The van der Waals surface area contributed by atoms with Crippen LogP contribution in [0, 0.1) is 10.1 Å². The number of carbonyl (C=O) groups is 2. The summed E-state index contributed by atoms with van der Waals surface area (Å²) < 4.78 is 11.0. The van der Waals surface area contributed by atoms with E-state index in [-0.39, 0.29) is 48.6 Å². The van der Waals surface area contributed by atoms with Crippen molar-refractivity contribution in [2.24, 2.45) is 0 Å². The Morgan fingerprint density at radius 3 is 2.29 bits per heavy atom. The Kier molecular flexibility index (Phi) is 8.38. The van der Waals surface area contributed by atoms with Crippen LogP contribution < -0.4 is 4.74 Å². The second-order valence-corrected chi connectivity index (χ2v) is 9.62.